The third kappa shape index (κ3) is 2.69. The first kappa shape index (κ1) is 10.5. The Morgan fingerprint density at radius 1 is 1.38 bits per heavy atom. The highest BCUT2D eigenvalue weighted by Crippen LogP contribution is 2.25. The lowest BCUT2D eigenvalue weighted by atomic mass is 9.86. The number of carbonyl (C=O) groups excluding carboxylic acids is 1. The van der Waals surface area contributed by atoms with Crippen molar-refractivity contribution in [3.05, 3.63) is 0 Å². The molecule has 0 heterocycles. The maximum atomic E-state index is 11.7. The fourth-order valence-corrected chi connectivity index (χ4v) is 1.79. The van der Waals surface area contributed by atoms with Crippen molar-refractivity contribution < 1.29 is 9.90 Å². The highest BCUT2D eigenvalue weighted by Gasteiger charge is 2.26. The molecule has 0 atom stereocenters. The molecule has 13 heavy (non-hydrogen) atoms. The van der Waals surface area contributed by atoms with E-state index in [0.29, 0.717) is 0 Å². The second-order valence-electron chi connectivity index (χ2n) is 3.86. The van der Waals surface area contributed by atoms with Crippen LogP contribution in [0.25, 0.3) is 0 Å². The lowest BCUT2D eigenvalue weighted by Crippen LogP contribution is -2.35. The summed E-state index contributed by atoms with van der Waals surface area (Å²) in [5.74, 6) is 0.405. The minimum atomic E-state index is -0.170. The first-order chi connectivity index (χ1) is 6.15. The number of hydrogen-bond acceptors (Lipinski definition) is 2. The van der Waals surface area contributed by atoms with E-state index in [2.05, 4.69) is 0 Å². The van der Waals surface area contributed by atoms with Crippen LogP contribution in [-0.4, -0.2) is 35.6 Å². The standard InChI is InChI=1S/C10H19NO2/c1-3-11(2)10(13)8-4-6-9(12)7-5-8/h8-9,12H,3-7H2,1-2H3. The monoisotopic (exact) mass is 185 g/mol. The van der Waals surface area contributed by atoms with E-state index in [1.54, 1.807) is 4.90 Å². The van der Waals surface area contributed by atoms with Gasteiger partial charge in [0, 0.05) is 19.5 Å². The average Bonchev–Trinajstić information content (AvgIpc) is 2.17. The molecule has 0 aromatic carbocycles. The maximum Gasteiger partial charge on any atom is 0.225 e. The molecule has 0 radical (unpaired) electrons. The summed E-state index contributed by atoms with van der Waals surface area (Å²) in [6.45, 7) is 2.76. The minimum Gasteiger partial charge on any atom is -0.393 e. The number of hydrogen-bond donors (Lipinski definition) is 1. The van der Waals surface area contributed by atoms with E-state index in [0.717, 1.165) is 32.2 Å². The third-order valence-electron chi connectivity index (χ3n) is 2.90. The number of amides is 1. The van der Waals surface area contributed by atoms with E-state index < -0.39 is 0 Å². The SMILES string of the molecule is CCN(C)C(=O)C1CCC(O)CC1. The van der Waals surface area contributed by atoms with Crippen LogP contribution < -0.4 is 0 Å². The van der Waals surface area contributed by atoms with Gasteiger partial charge in [0.15, 0.2) is 0 Å². The molecular weight excluding hydrogens is 166 g/mol. The largest absolute Gasteiger partial charge is 0.393 e. The lowest BCUT2D eigenvalue weighted by Gasteiger charge is -2.27. The lowest BCUT2D eigenvalue weighted by molar-refractivity contribution is -0.135. The predicted molar refractivity (Wildman–Crippen MR) is 51.3 cm³/mol. The van der Waals surface area contributed by atoms with Gasteiger partial charge in [-0.1, -0.05) is 0 Å². The zero-order valence-electron chi connectivity index (χ0n) is 8.49. The molecule has 1 aliphatic rings. The molecule has 1 aliphatic carbocycles. The summed E-state index contributed by atoms with van der Waals surface area (Å²) < 4.78 is 0. The molecule has 0 unspecified atom stereocenters. The Morgan fingerprint density at radius 2 is 1.92 bits per heavy atom. The van der Waals surface area contributed by atoms with Gasteiger partial charge in [-0.15, -0.1) is 0 Å². The van der Waals surface area contributed by atoms with Gasteiger partial charge >= 0.3 is 0 Å². The molecule has 1 saturated carbocycles. The molecule has 1 fully saturated rings. The Hall–Kier alpha value is -0.570. The van der Waals surface area contributed by atoms with E-state index in [1.165, 1.54) is 0 Å². The smallest absolute Gasteiger partial charge is 0.225 e. The van der Waals surface area contributed by atoms with Crippen molar-refractivity contribution in [2.45, 2.75) is 38.7 Å². The van der Waals surface area contributed by atoms with Crippen LogP contribution in [0.1, 0.15) is 32.6 Å². The molecule has 3 heteroatoms. The van der Waals surface area contributed by atoms with Gasteiger partial charge in [-0.3, -0.25) is 4.79 Å². The van der Waals surface area contributed by atoms with Gasteiger partial charge in [0.05, 0.1) is 6.10 Å². The van der Waals surface area contributed by atoms with Crippen molar-refractivity contribution in [3.8, 4) is 0 Å². The molecule has 0 saturated heterocycles. The molecule has 0 spiro atoms. The van der Waals surface area contributed by atoms with Crippen LogP contribution in [0.5, 0.6) is 0 Å². The molecule has 1 amide bonds. The van der Waals surface area contributed by atoms with Crippen LogP contribution >= 0.6 is 0 Å². The topological polar surface area (TPSA) is 40.5 Å². The number of rotatable bonds is 2. The third-order valence-corrected chi connectivity index (χ3v) is 2.90. The van der Waals surface area contributed by atoms with E-state index in [9.17, 15) is 9.90 Å². The molecule has 76 valence electrons. The number of aliphatic hydroxyl groups excluding tert-OH is 1. The number of aliphatic hydroxyl groups is 1. The Bertz CT molecular complexity index is 174. The van der Waals surface area contributed by atoms with Crippen molar-refractivity contribution in [1.82, 2.24) is 4.90 Å². The van der Waals surface area contributed by atoms with E-state index in [-0.39, 0.29) is 17.9 Å². The highest BCUT2D eigenvalue weighted by molar-refractivity contribution is 5.78. The Labute approximate surface area is 79.7 Å². The molecule has 0 aromatic rings. The predicted octanol–water partition coefficient (Wildman–Crippen LogP) is 1.02. The molecule has 0 aliphatic heterocycles. The summed E-state index contributed by atoms with van der Waals surface area (Å²) >= 11 is 0. The van der Waals surface area contributed by atoms with Gasteiger partial charge in [-0.2, -0.15) is 0 Å². The van der Waals surface area contributed by atoms with Gasteiger partial charge in [-0.25, -0.2) is 0 Å². The summed E-state index contributed by atoms with van der Waals surface area (Å²) in [4.78, 5) is 13.4. The molecular formula is C10H19NO2. The van der Waals surface area contributed by atoms with Gasteiger partial charge in [0.25, 0.3) is 0 Å². The van der Waals surface area contributed by atoms with Crippen LogP contribution in [0, 0.1) is 5.92 Å². The van der Waals surface area contributed by atoms with Crippen molar-refractivity contribution in [2.75, 3.05) is 13.6 Å². The highest BCUT2D eigenvalue weighted by atomic mass is 16.3. The first-order valence-electron chi connectivity index (χ1n) is 5.08. The molecule has 1 rings (SSSR count). The van der Waals surface area contributed by atoms with Crippen LogP contribution in [0.2, 0.25) is 0 Å². The Balaban J connectivity index is 2.40. The van der Waals surface area contributed by atoms with Gasteiger partial charge < -0.3 is 10.0 Å². The Kier molecular flexibility index (Phi) is 3.72. The quantitative estimate of drug-likeness (QED) is 0.697. The number of carbonyl (C=O) groups is 1. The molecule has 0 aromatic heterocycles. The van der Waals surface area contributed by atoms with Crippen molar-refractivity contribution in [1.29, 1.82) is 0 Å². The zero-order valence-corrected chi connectivity index (χ0v) is 8.49. The van der Waals surface area contributed by atoms with Crippen LogP contribution in [0.4, 0.5) is 0 Å². The van der Waals surface area contributed by atoms with Crippen molar-refractivity contribution >= 4 is 5.91 Å². The Morgan fingerprint density at radius 3 is 2.38 bits per heavy atom. The van der Waals surface area contributed by atoms with E-state index >= 15 is 0 Å². The zero-order chi connectivity index (χ0) is 9.84. The normalized spacial score (nSPS) is 28.5. The summed E-state index contributed by atoms with van der Waals surface area (Å²) in [6, 6.07) is 0. The van der Waals surface area contributed by atoms with Gasteiger partial charge in [0.2, 0.25) is 5.91 Å². The first-order valence-corrected chi connectivity index (χ1v) is 5.08. The van der Waals surface area contributed by atoms with Crippen molar-refractivity contribution in [3.63, 3.8) is 0 Å². The van der Waals surface area contributed by atoms with Gasteiger partial charge in [-0.05, 0) is 32.6 Å². The van der Waals surface area contributed by atoms with Crippen LogP contribution in [0.3, 0.4) is 0 Å². The fourth-order valence-electron chi connectivity index (χ4n) is 1.79. The maximum absolute atomic E-state index is 11.7. The van der Waals surface area contributed by atoms with E-state index in [4.69, 9.17) is 0 Å². The second kappa shape index (κ2) is 4.61. The molecule has 1 N–H and O–H groups in total. The van der Waals surface area contributed by atoms with Crippen molar-refractivity contribution in [2.24, 2.45) is 5.92 Å². The summed E-state index contributed by atoms with van der Waals surface area (Å²) in [5, 5.41) is 9.28. The summed E-state index contributed by atoms with van der Waals surface area (Å²) in [6.07, 6.45) is 3.10. The minimum absolute atomic E-state index is 0.161. The molecule has 3 nitrogen and oxygen atoms in total. The van der Waals surface area contributed by atoms with Gasteiger partial charge in [0.1, 0.15) is 0 Å². The fraction of sp³-hybridized carbons (Fsp3) is 0.900. The molecule has 0 bridgehead atoms. The summed E-state index contributed by atoms with van der Waals surface area (Å²) in [7, 11) is 1.84. The van der Waals surface area contributed by atoms with Crippen LogP contribution in [-0.2, 0) is 4.79 Å². The van der Waals surface area contributed by atoms with Crippen LogP contribution in [0.15, 0.2) is 0 Å². The summed E-state index contributed by atoms with van der Waals surface area (Å²) in [5.41, 5.74) is 0. The second-order valence-corrected chi connectivity index (χ2v) is 3.86. The van der Waals surface area contributed by atoms with E-state index in [1.807, 2.05) is 14.0 Å². The number of nitrogens with zero attached hydrogens (tertiary/aromatic N) is 1. The average molecular weight is 185 g/mol.